The van der Waals surface area contributed by atoms with Gasteiger partial charge >= 0.3 is 0 Å². The normalized spacial score (nSPS) is 18.7. The highest BCUT2D eigenvalue weighted by atomic mass is 16.1. The third-order valence-corrected chi connectivity index (χ3v) is 5.72. The van der Waals surface area contributed by atoms with E-state index in [1.807, 2.05) is 44.3 Å². The van der Waals surface area contributed by atoms with Crippen LogP contribution in [0.3, 0.4) is 0 Å². The summed E-state index contributed by atoms with van der Waals surface area (Å²) < 4.78 is 0. The first-order chi connectivity index (χ1) is 14.6. The van der Waals surface area contributed by atoms with Gasteiger partial charge in [-0.1, -0.05) is 91.0 Å². The summed E-state index contributed by atoms with van der Waals surface area (Å²) in [5, 5.41) is 3.89. The Bertz CT molecular complexity index is 961. The molecule has 1 atom stereocenters. The summed E-state index contributed by atoms with van der Waals surface area (Å²) in [6.45, 7) is 4.09. The number of rotatable bonds is 6. The van der Waals surface area contributed by atoms with Crippen LogP contribution < -0.4 is 5.32 Å². The molecule has 1 aliphatic rings. The van der Waals surface area contributed by atoms with Crippen LogP contribution >= 0.6 is 0 Å². The third kappa shape index (κ3) is 3.49. The molecule has 3 aromatic carbocycles. The van der Waals surface area contributed by atoms with Crippen molar-refractivity contribution < 1.29 is 4.79 Å². The molecule has 0 aliphatic carbocycles. The first-order valence-corrected chi connectivity index (χ1v) is 10.2. The topological polar surface area (TPSA) is 32.3 Å². The highest BCUT2D eigenvalue weighted by molar-refractivity contribution is 5.56. The van der Waals surface area contributed by atoms with Gasteiger partial charge in [0, 0.05) is 6.20 Å². The zero-order chi connectivity index (χ0) is 21.0. The van der Waals surface area contributed by atoms with Crippen LogP contribution in [-0.4, -0.2) is 17.0 Å². The fourth-order valence-electron chi connectivity index (χ4n) is 4.32. The molecule has 1 amide bonds. The van der Waals surface area contributed by atoms with Crippen LogP contribution in [0.4, 0.5) is 0 Å². The standard InChI is InChI=1S/C27H26N2O/c1-22-18-19-29(21-30)26(2,20-22)28-27(23-12-6-3-7-13-23,24-14-8-4-9-15-24)25-16-10-5-11-17-25/h3-21,28H,1-2H3. The van der Waals surface area contributed by atoms with Crippen molar-refractivity contribution >= 4 is 6.41 Å². The van der Waals surface area contributed by atoms with Crippen molar-refractivity contribution in [1.29, 1.82) is 0 Å². The number of nitrogens with one attached hydrogen (secondary N) is 1. The van der Waals surface area contributed by atoms with Gasteiger partial charge in [-0.05, 0) is 48.3 Å². The molecule has 3 heteroatoms. The van der Waals surface area contributed by atoms with Gasteiger partial charge in [-0.2, -0.15) is 0 Å². The lowest BCUT2D eigenvalue weighted by Crippen LogP contribution is -2.62. The summed E-state index contributed by atoms with van der Waals surface area (Å²) in [6.07, 6.45) is 6.76. The maximum Gasteiger partial charge on any atom is 0.215 e. The van der Waals surface area contributed by atoms with Gasteiger partial charge in [0.05, 0.1) is 5.54 Å². The number of benzene rings is 3. The van der Waals surface area contributed by atoms with E-state index in [1.165, 1.54) is 0 Å². The number of amides is 1. The molecule has 0 saturated carbocycles. The minimum absolute atomic E-state index is 0.665. The minimum Gasteiger partial charge on any atom is -0.299 e. The van der Waals surface area contributed by atoms with Crippen LogP contribution in [0.2, 0.25) is 0 Å². The van der Waals surface area contributed by atoms with Gasteiger partial charge in [-0.25, -0.2) is 0 Å². The van der Waals surface area contributed by atoms with E-state index in [2.05, 4.69) is 84.2 Å². The number of carbonyl (C=O) groups is 1. The van der Waals surface area contributed by atoms with E-state index in [1.54, 1.807) is 4.90 Å². The predicted molar refractivity (Wildman–Crippen MR) is 122 cm³/mol. The predicted octanol–water partition coefficient (Wildman–Crippen LogP) is 5.22. The Labute approximate surface area is 178 Å². The molecule has 1 heterocycles. The summed E-state index contributed by atoms with van der Waals surface area (Å²) in [6, 6.07) is 31.2. The molecule has 0 spiro atoms. The van der Waals surface area contributed by atoms with Crippen LogP contribution in [0, 0.1) is 0 Å². The molecule has 30 heavy (non-hydrogen) atoms. The summed E-state index contributed by atoms with van der Waals surface area (Å²) in [7, 11) is 0. The van der Waals surface area contributed by atoms with E-state index in [4.69, 9.17) is 0 Å². The second-order valence-corrected chi connectivity index (χ2v) is 7.84. The molecule has 0 saturated heterocycles. The summed E-state index contributed by atoms with van der Waals surface area (Å²) in [4.78, 5) is 13.7. The van der Waals surface area contributed by atoms with Crippen LogP contribution in [0.25, 0.3) is 0 Å². The molecule has 0 fully saturated rings. The van der Waals surface area contributed by atoms with Gasteiger partial charge in [0.25, 0.3) is 0 Å². The monoisotopic (exact) mass is 394 g/mol. The zero-order valence-corrected chi connectivity index (χ0v) is 17.3. The van der Waals surface area contributed by atoms with E-state index in [9.17, 15) is 4.79 Å². The van der Waals surface area contributed by atoms with E-state index >= 15 is 0 Å². The van der Waals surface area contributed by atoms with E-state index in [-0.39, 0.29) is 0 Å². The Morgan fingerprint density at radius 1 is 0.800 bits per heavy atom. The van der Waals surface area contributed by atoms with Gasteiger partial charge < -0.3 is 0 Å². The van der Waals surface area contributed by atoms with Crippen LogP contribution in [0.15, 0.2) is 115 Å². The SMILES string of the molecule is CC1=CC(C)(NC(c2ccccc2)(c2ccccc2)c2ccccc2)N(C=O)C=C1. The zero-order valence-electron chi connectivity index (χ0n) is 17.3. The van der Waals surface area contributed by atoms with E-state index < -0.39 is 11.2 Å². The molecule has 0 bridgehead atoms. The van der Waals surface area contributed by atoms with Crippen LogP contribution in [0.5, 0.6) is 0 Å². The van der Waals surface area contributed by atoms with E-state index in [0.29, 0.717) is 0 Å². The first kappa shape index (κ1) is 19.9. The smallest absolute Gasteiger partial charge is 0.215 e. The molecular formula is C27H26N2O. The first-order valence-electron chi connectivity index (χ1n) is 10.2. The molecule has 0 aromatic heterocycles. The number of allylic oxidation sites excluding steroid dienone is 2. The largest absolute Gasteiger partial charge is 0.299 e. The summed E-state index contributed by atoms with van der Waals surface area (Å²) in [5.41, 5.74) is 3.04. The summed E-state index contributed by atoms with van der Waals surface area (Å²) in [5.74, 6) is 0. The van der Waals surface area contributed by atoms with Crippen molar-refractivity contribution in [3.8, 4) is 0 Å². The highest BCUT2D eigenvalue weighted by Crippen LogP contribution is 2.40. The third-order valence-electron chi connectivity index (χ3n) is 5.72. The molecule has 1 aliphatic heterocycles. The second kappa shape index (κ2) is 8.13. The quantitative estimate of drug-likeness (QED) is 0.459. The molecule has 3 aromatic rings. The van der Waals surface area contributed by atoms with Gasteiger partial charge in [-0.15, -0.1) is 0 Å². The van der Waals surface area contributed by atoms with Crippen molar-refractivity contribution in [3.63, 3.8) is 0 Å². The van der Waals surface area contributed by atoms with E-state index in [0.717, 1.165) is 28.7 Å². The molecule has 0 radical (unpaired) electrons. The maximum atomic E-state index is 12.0. The average Bonchev–Trinajstić information content (AvgIpc) is 2.79. The lowest BCUT2D eigenvalue weighted by Gasteiger charge is -2.47. The van der Waals surface area contributed by atoms with Crippen LogP contribution in [-0.2, 0) is 10.3 Å². The Morgan fingerprint density at radius 2 is 1.23 bits per heavy atom. The molecule has 1 N–H and O–H groups in total. The number of carbonyl (C=O) groups excluding carboxylic acids is 1. The van der Waals surface area contributed by atoms with Crippen molar-refractivity contribution in [1.82, 2.24) is 10.2 Å². The Hall–Kier alpha value is -3.43. The Morgan fingerprint density at radius 3 is 1.63 bits per heavy atom. The van der Waals surface area contributed by atoms with Gasteiger partial charge in [0.1, 0.15) is 5.66 Å². The number of nitrogens with zero attached hydrogens (tertiary/aromatic N) is 1. The van der Waals surface area contributed by atoms with Gasteiger partial charge in [-0.3, -0.25) is 15.0 Å². The van der Waals surface area contributed by atoms with Crippen molar-refractivity contribution in [2.45, 2.75) is 25.0 Å². The van der Waals surface area contributed by atoms with Crippen molar-refractivity contribution in [2.75, 3.05) is 0 Å². The number of hydrogen-bond donors (Lipinski definition) is 1. The molecule has 1 unspecified atom stereocenters. The minimum atomic E-state index is -0.720. The lowest BCUT2D eigenvalue weighted by molar-refractivity contribution is -0.120. The Balaban J connectivity index is 2.01. The maximum absolute atomic E-state index is 12.0. The fourth-order valence-corrected chi connectivity index (χ4v) is 4.32. The fraction of sp³-hybridized carbons (Fsp3) is 0.148. The lowest BCUT2D eigenvalue weighted by atomic mass is 9.75. The molecule has 3 nitrogen and oxygen atoms in total. The Kier molecular flexibility index (Phi) is 5.39. The van der Waals surface area contributed by atoms with Gasteiger partial charge in [0.15, 0.2) is 0 Å². The second-order valence-electron chi connectivity index (χ2n) is 7.84. The highest BCUT2D eigenvalue weighted by Gasteiger charge is 2.43. The van der Waals surface area contributed by atoms with Gasteiger partial charge in [0.2, 0.25) is 6.41 Å². The molecular weight excluding hydrogens is 368 g/mol. The van der Waals surface area contributed by atoms with Crippen molar-refractivity contribution in [2.24, 2.45) is 0 Å². The van der Waals surface area contributed by atoms with Crippen LogP contribution in [0.1, 0.15) is 30.5 Å². The van der Waals surface area contributed by atoms with Crippen molar-refractivity contribution in [3.05, 3.63) is 132 Å². The summed E-state index contributed by atoms with van der Waals surface area (Å²) >= 11 is 0. The number of hydrogen-bond acceptors (Lipinski definition) is 2. The average molecular weight is 395 g/mol. The molecule has 4 rings (SSSR count). The molecule has 150 valence electrons.